The summed E-state index contributed by atoms with van der Waals surface area (Å²) < 4.78 is 26.3. The fourth-order valence-electron chi connectivity index (χ4n) is 2.58. The normalized spacial score (nSPS) is 26.6. The van der Waals surface area contributed by atoms with E-state index in [1.165, 1.54) is 12.5 Å². The molecule has 1 fully saturated rings. The van der Waals surface area contributed by atoms with Crippen LogP contribution in [0.3, 0.4) is 0 Å². The SMILES string of the molecule is C[C@@H]1CCCCC1c1ccc(F)cc1F. The molecule has 1 aliphatic rings. The standard InChI is InChI=1S/C13H16F2/c1-9-4-2-3-5-11(9)12-7-6-10(14)8-13(12)15/h6-9,11H,2-5H2,1H3/t9-,11?/m1/s1. The Hall–Kier alpha value is -0.920. The maximum Gasteiger partial charge on any atom is 0.129 e. The van der Waals surface area contributed by atoms with Gasteiger partial charge in [0.15, 0.2) is 0 Å². The molecule has 0 heterocycles. The lowest BCUT2D eigenvalue weighted by atomic mass is 9.76. The summed E-state index contributed by atoms with van der Waals surface area (Å²) in [6.45, 7) is 2.16. The highest BCUT2D eigenvalue weighted by molar-refractivity contribution is 5.23. The van der Waals surface area contributed by atoms with E-state index >= 15 is 0 Å². The molecule has 1 saturated carbocycles. The fourth-order valence-corrected chi connectivity index (χ4v) is 2.58. The number of hydrogen-bond donors (Lipinski definition) is 0. The Morgan fingerprint density at radius 2 is 1.87 bits per heavy atom. The monoisotopic (exact) mass is 210 g/mol. The van der Waals surface area contributed by atoms with E-state index in [1.807, 2.05) is 0 Å². The zero-order valence-corrected chi connectivity index (χ0v) is 8.97. The summed E-state index contributed by atoms with van der Waals surface area (Å²) in [5.74, 6) is -0.0773. The van der Waals surface area contributed by atoms with Crippen molar-refractivity contribution in [2.45, 2.75) is 38.5 Å². The lowest BCUT2D eigenvalue weighted by molar-refractivity contribution is 0.323. The Bertz CT molecular complexity index is 346. The molecule has 0 nitrogen and oxygen atoms in total. The van der Waals surface area contributed by atoms with Gasteiger partial charge in [-0.3, -0.25) is 0 Å². The van der Waals surface area contributed by atoms with Crippen molar-refractivity contribution in [1.29, 1.82) is 0 Å². The van der Waals surface area contributed by atoms with Crippen LogP contribution in [-0.2, 0) is 0 Å². The summed E-state index contributed by atoms with van der Waals surface area (Å²) in [5, 5.41) is 0. The zero-order chi connectivity index (χ0) is 10.8. The van der Waals surface area contributed by atoms with Crippen molar-refractivity contribution in [3.63, 3.8) is 0 Å². The summed E-state index contributed by atoms with van der Waals surface area (Å²) in [5.41, 5.74) is 0.698. The van der Waals surface area contributed by atoms with E-state index in [0.29, 0.717) is 11.5 Å². The topological polar surface area (TPSA) is 0 Å². The molecule has 2 atom stereocenters. The smallest absolute Gasteiger partial charge is 0.129 e. The molecule has 1 unspecified atom stereocenters. The van der Waals surface area contributed by atoms with Gasteiger partial charge in [-0.25, -0.2) is 8.78 Å². The predicted molar refractivity (Wildman–Crippen MR) is 56.7 cm³/mol. The Morgan fingerprint density at radius 3 is 2.53 bits per heavy atom. The van der Waals surface area contributed by atoms with Crippen LogP contribution in [0.25, 0.3) is 0 Å². The summed E-state index contributed by atoms with van der Waals surface area (Å²) in [7, 11) is 0. The number of benzene rings is 1. The first-order valence-corrected chi connectivity index (χ1v) is 5.63. The molecule has 1 aromatic carbocycles. The Balaban J connectivity index is 2.27. The Morgan fingerprint density at radius 1 is 1.13 bits per heavy atom. The summed E-state index contributed by atoms with van der Waals surface area (Å²) in [6.07, 6.45) is 4.58. The van der Waals surface area contributed by atoms with Gasteiger partial charge in [-0.15, -0.1) is 0 Å². The van der Waals surface area contributed by atoms with Gasteiger partial charge in [0.25, 0.3) is 0 Å². The molecule has 0 spiro atoms. The van der Waals surface area contributed by atoms with Gasteiger partial charge in [-0.05, 0) is 29.9 Å². The quantitative estimate of drug-likeness (QED) is 0.649. The van der Waals surface area contributed by atoms with E-state index in [1.54, 1.807) is 6.07 Å². The first-order valence-electron chi connectivity index (χ1n) is 5.63. The van der Waals surface area contributed by atoms with E-state index in [-0.39, 0.29) is 11.7 Å². The molecule has 2 heteroatoms. The van der Waals surface area contributed by atoms with Crippen molar-refractivity contribution in [2.24, 2.45) is 5.92 Å². The number of hydrogen-bond acceptors (Lipinski definition) is 0. The number of rotatable bonds is 1. The molecule has 0 N–H and O–H groups in total. The molecule has 15 heavy (non-hydrogen) atoms. The maximum atomic E-state index is 13.6. The number of halogens is 2. The average molecular weight is 210 g/mol. The van der Waals surface area contributed by atoms with Crippen LogP contribution in [-0.4, -0.2) is 0 Å². The van der Waals surface area contributed by atoms with Crippen molar-refractivity contribution in [1.82, 2.24) is 0 Å². The molecule has 1 aliphatic carbocycles. The predicted octanol–water partition coefficient (Wildman–Crippen LogP) is 4.26. The van der Waals surface area contributed by atoms with E-state index in [2.05, 4.69) is 6.92 Å². The first kappa shape index (κ1) is 10.6. The van der Waals surface area contributed by atoms with Crippen LogP contribution in [0, 0.1) is 17.6 Å². The van der Waals surface area contributed by atoms with E-state index in [4.69, 9.17) is 0 Å². The maximum absolute atomic E-state index is 13.6. The average Bonchev–Trinajstić information content (AvgIpc) is 2.20. The summed E-state index contributed by atoms with van der Waals surface area (Å²) in [4.78, 5) is 0. The van der Waals surface area contributed by atoms with E-state index < -0.39 is 5.82 Å². The van der Waals surface area contributed by atoms with E-state index in [0.717, 1.165) is 25.3 Å². The Kier molecular flexibility index (Phi) is 3.03. The second kappa shape index (κ2) is 4.30. The highest BCUT2D eigenvalue weighted by Gasteiger charge is 2.25. The summed E-state index contributed by atoms with van der Waals surface area (Å²) in [6, 6.07) is 3.97. The minimum absolute atomic E-state index is 0.277. The fraction of sp³-hybridized carbons (Fsp3) is 0.538. The van der Waals surface area contributed by atoms with Gasteiger partial charge < -0.3 is 0 Å². The minimum atomic E-state index is -0.486. The van der Waals surface area contributed by atoms with Crippen LogP contribution in [0.5, 0.6) is 0 Å². The molecule has 0 aromatic heterocycles. The van der Waals surface area contributed by atoms with Gasteiger partial charge in [0, 0.05) is 6.07 Å². The van der Waals surface area contributed by atoms with Crippen molar-refractivity contribution in [2.75, 3.05) is 0 Å². The molecule has 0 amide bonds. The van der Waals surface area contributed by atoms with Crippen LogP contribution in [0.4, 0.5) is 8.78 Å². The van der Waals surface area contributed by atoms with Gasteiger partial charge in [0.1, 0.15) is 11.6 Å². The third-order valence-electron chi connectivity index (χ3n) is 3.47. The van der Waals surface area contributed by atoms with Crippen LogP contribution in [0.2, 0.25) is 0 Å². The van der Waals surface area contributed by atoms with Crippen LogP contribution < -0.4 is 0 Å². The first-order chi connectivity index (χ1) is 7.18. The zero-order valence-electron chi connectivity index (χ0n) is 8.97. The third-order valence-corrected chi connectivity index (χ3v) is 3.47. The highest BCUT2D eigenvalue weighted by atomic mass is 19.1. The molecule has 0 bridgehead atoms. The van der Waals surface area contributed by atoms with Gasteiger partial charge >= 0.3 is 0 Å². The molecule has 0 aliphatic heterocycles. The lowest BCUT2D eigenvalue weighted by Crippen LogP contribution is -2.16. The van der Waals surface area contributed by atoms with Crippen LogP contribution in [0.1, 0.15) is 44.1 Å². The second-order valence-electron chi connectivity index (χ2n) is 4.53. The van der Waals surface area contributed by atoms with Gasteiger partial charge in [0.05, 0.1) is 0 Å². The lowest BCUT2D eigenvalue weighted by Gasteiger charge is -2.29. The molecule has 82 valence electrons. The molecular weight excluding hydrogens is 194 g/mol. The minimum Gasteiger partial charge on any atom is -0.207 e. The molecular formula is C13H16F2. The van der Waals surface area contributed by atoms with Gasteiger partial charge in [0.2, 0.25) is 0 Å². The largest absolute Gasteiger partial charge is 0.207 e. The highest BCUT2D eigenvalue weighted by Crippen LogP contribution is 2.38. The molecule has 0 radical (unpaired) electrons. The molecule has 1 aromatic rings. The van der Waals surface area contributed by atoms with E-state index in [9.17, 15) is 8.78 Å². The summed E-state index contributed by atoms with van der Waals surface area (Å²) >= 11 is 0. The molecule has 0 saturated heterocycles. The van der Waals surface area contributed by atoms with Crippen molar-refractivity contribution < 1.29 is 8.78 Å². The van der Waals surface area contributed by atoms with Crippen LogP contribution >= 0.6 is 0 Å². The van der Waals surface area contributed by atoms with Crippen molar-refractivity contribution in [3.05, 3.63) is 35.4 Å². The van der Waals surface area contributed by atoms with Gasteiger partial charge in [-0.2, -0.15) is 0 Å². The second-order valence-corrected chi connectivity index (χ2v) is 4.53. The molecule has 2 rings (SSSR count). The van der Waals surface area contributed by atoms with Crippen LogP contribution in [0.15, 0.2) is 18.2 Å². The van der Waals surface area contributed by atoms with Crippen molar-refractivity contribution >= 4 is 0 Å². The Labute approximate surface area is 89.3 Å². The van der Waals surface area contributed by atoms with Crippen molar-refractivity contribution in [3.8, 4) is 0 Å². The third kappa shape index (κ3) is 2.19. The van der Waals surface area contributed by atoms with Gasteiger partial charge in [-0.1, -0.05) is 32.3 Å².